The standard InChI is InChI=1S/C23H25N3O2S/c27-21(25-14-7-2-8-15-25)13-16-29-23-24-20-12-6-5-11-19(20)22(28)26(23)17-18-9-3-1-4-10-18/h1,3-6,9-12H,2,7-8,13-17H2. The van der Waals surface area contributed by atoms with Crippen LogP contribution < -0.4 is 5.56 Å². The predicted molar refractivity (Wildman–Crippen MR) is 117 cm³/mol. The van der Waals surface area contributed by atoms with E-state index in [4.69, 9.17) is 4.98 Å². The van der Waals surface area contributed by atoms with Crippen molar-refractivity contribution in [1.82, 2.24) is 14.5 Å². The molecule has 3 aromatic rings. The summed E-state index contributed by atoms with van der Waals surface area (Å²) in [5.74, 6) is 0.824. The Morgan fingerprint density at radius 2 is 1.69 bits per heavy atom. The summed E-state index contributed by atoms with van der Waals surface area (Å²) in [7, 11) is 0. The second-order valence-corrected chi connectivity index (χ2v) is 8.39. The number of likely N-dealkylation sites (tertiary alicyclic amines) is 1. The Bertz CT molecular complexity index is 1040. The predicted octanol–water partition coefficient (Wildman–Crippen LogP) is 3.94. The largest absolute Gasteiger partial charge is 0.343 e. The lowest BCUT2D eigenvalue weighted by Gasteiger charge is -2.26. The van der Waals surface area contributed by atoms with Crippen molar-refractivity contribution in [3.8, 4) is 0 Å². The number of piperidine rings is 1. The Balaban J connectivity index is 1.55. The van der Waals surface area contributed by atoms with Crippen LogP contribution >= 0.6 is 11.8 Å². The molecule has 6 heteroatoms. The molecule has 0 aliphatic carbocycles. The van der Waals surface area contributed by atoms with Crippen molar-refractivity contribution in [2.75, 3.05) is 18.8 Å². The first-order valence-electron chi connectivity index (χ1n) is 10.2. The van der Waals surface area contributed by atoms with E-state index >= 15 is 0 Å². The molecule has 0 N–H and O–H groups in total. The molecular formula is C23H25N3O2S. The van der Waals surface area contributed by atoms with Crippen molar-refractivity contribution in [3.63, 3.8) is 0 Å². The number of aromatic nitrogens is 2. The van der Waals surface area contributed by atoms with Gasteiger partial charge in [-0.15, -0.1) is 0 Å². The van der Waals surface area contributed by atoms with Crippen LogP contribution in [0.2, 0.25) is 0 Å². The smallest absolute Gasteiger partial charge is 0.262 e. The van der Waals surface area contributed by atoms with Crippen LogP contribution in [0, 0.1) is 0 Å². The Morgan fingerprint density at radius 1 is 0.966 bits per heavy atom. The molecule has 0 saturated carbocycles. The first-order chi connectivity index (χ1) is 14.2. The van der Waals surface area contributed by atoms with E-state index < -0.39 is 0 Å². The Morgan fingerprint density at radius 3 is 2.48 bits per heavy atom. The molecule has 0 bridgehead atoms. The van der Waals surface area contributed by atoms with E-state index in [9.17, 15) is 9.59 Å². The second kappa shape index (κ2) is 9.27. The van der Waals surface area contributed by atoms with Crippen molar-refractivity contribution < 1.29 is 4.79 Å². The Kier molecular flexibility index (Phi) is 6.30. The van der Waals surface area contributed by atoms with Gasteiger partial charge in [-0.1, -0.05) is 54.2 Å². The molecule has 0 radical (unpaired) electrons. The summed E-state index contributed by atoms with van der Waals surface area (Å²) in [6, 6.07) is 17.4. The van der Waals surface area contributed by atoms with Gasteiger partial charge < -0.3 is 4.90 Å². The van der Waals surface area contributed by atoms with Crippen molar-refractivity contribution in [1.29, 1.82) is 0 Å². The van der Waals surface area contributed by atoms with Crippen LogP contribution in [-0.2, 0) is 11.3 Å². The van der Waals surface area contributed by atoms with Crippen LogP contribution in [0.3, 0.4) is 0 Å². The van der Waals surface area contributed by atoms with Gasteiger partial charge in [0.05, 0.1) is 17.4 Å². The van der Waals surface area contributed by atoms with E-state index in [1.54, 1.807) is 4.57 Å². The Labute approximate surface area is 174 Å². The number of carbonyl (C=O) groups is 1. The fourth-order valence-electron chi connectivity index (χ4n) is 3.69. The van der Waals surface area contributed by atoms with Crippen molar-refractivity contribution in [2.45, 2.75) is 37.4 Å². The van der Waals surface area contributed by atoms with Crippen LogP contribution in [0.15, 0.2) is 64.5 Å². The van der Waals surface area contributed by atoms with Gasteiger partial charge >= 0.3 is 0 Å². The molecule has 1 amide bonds. The van der Waals surface area contributed by atoms with Crippen molar-refractivity contribution in [3.05, 3.63) is 70.5 Å². The van der Waals surface area contributed by atoms with Crippen molar-refractivity contribution >= 4 is 28.6 Å². The zero-order valence-corrected chi connectivity index (χ0v) is 17.2. The number of thioether (sulfide) groups is 1. The summed E-state index contributed by atoms with van der Waals surface area (Å²) in [6.45, 7) is 2.22. The lowest BCUT2D eigenvalue weighted by Crippen LogP contribution is -2.35. The number of hydrogen-bond donors (Lipinski definition) is 0. The molecule has 1 aromatic heterocycles. The van der Waals surface area contributed by atoms with E-state index in [2.05, 4.69) is 0 Å². The van der Waals surface area contributed by atoms with Crippen LogP contribution in [-0.4, -0.2) is 39.2 Å². The molecule has 150 valence electrons. The third-order valence-electron chi connectivity index (χ3n) is 5.27. The minimum atomic E-state index is -0.0377. The molecule has 2 aromatic carbocycles. The van der Waals surface area contributed by atoms with Crippen LogP contribution in [0.25, 0.3) is 10.9 Å². The van der Waals surface area contributed by atoms with Gasteiger partial charge in [0.2, 0.25) is 5.91 Å². The molecule has 1 aliphatic heterocycles. The highest BCUT2D eigenvalue weighted by atomic mass is 32.2. The van der Waals surface area contributed by atoms with E-state index in [1.165, 1.54) is 18.2 Å². The van der Waals surface area contributed by atoms with Gasteiger partial charge in [0.25, 0.3) is 5.56 Å². The van der Waals surface area contributed by atoms with Gasteiger partial charge in [0, 0.05) is 25.3 Å². The van der Waals surface area contributed by atoms with Gasteiger partial charge in [-0.3, -0.25) is 14.2 Å². The molecule has 2 heterocycles. The fraction of sp³-hybridized carbons (Fsp3) is 0.348. The molecule has 0 atom stereocenters. The normalized spacial score (nSPS) is 14.3. The summed E-state index contributed by atoms with van der Waals surface area (Å²) in [5.41, 5.74) is 1.72. The minimum Gasteiger partial charge on any atom is -0.343 e. The highest BCUT2D eigenvalue weighted by Crippen LogP contribution is 2.20. The van der Waals surface area contributed by atoms with E-state index in [0.29, 0.717) is 34.8 Å². The summed E-state index contributed by atoms with van der Waals surface area (Å²) in [6.07, 6.45) is 3.88. The third-order valence-corrected chi connectivity index (χ3v) is 6.24. The van der Waals surface area contributed by atoms with Gasteiger partial charge in [0.15, 0.2) is 5.16 Å². The van der Waals surface area contributed by atoms with E-state index in [-0.39, 0.29) is 11.5 Å². The van der Waals surface area contributed by atoms with Crippen LogP contribution in [0.5, 0.6) is 0 Å². The molecule has 0 spiro atoms. The number of amides is 1. The monoisotopic (exact) mass is 407 g/mol. The lowest BCUT2D eigenvalue weighted by molar-refractivity contribution is -0.131. The van der Waals surface area contributed by atoms with Gasteiger partial charge in [-0.2, -0.15) is 0 Å². The number of para-hydroxylation sites is 1. The molecule has 1 aliphatic rings. The molecular weight excluding hydrogens is 382 g/mol. The average molecular weight is 408 g/mol. The summed E-state index contributed by atoms with van der Waals surface area (Å²) >= 11 is 1.49. The van der Waals surface area contributed by atoms with Crippen molar-refractivity contribution in [2.24, 2.45) is 0 Å². The van der Waals surface area contributed by atoms with Gasteiger partial charge in [0.1, 0.15) is 0 Å². The summed E-state index contributed by atoms with van der Waals surface area (Å²) in [4.78, 5) is 32.3. The first-order valence-corrected chi connectivity index (χ1v) is 11.1. The maximum absolute atomic E-state index is 13.1. The summed E-state index contributed by atoms with van der Waals surface area (Å²) in [5, 5.41) is 1.29. The average Bonchev–Trinajstić information content (AvgIpc) is 2.77. The number of rotatable bonds is 6. The highest BCUT2D eigenvalue weighted by Gasteiger charge is 2.17. The van der Waals surface area contributed by atoms with Crippen LogP contribution in [0.1, 0.15) is 31.2 Å². The van der Waals surface area contributed by atoms with Gasteiger partial charge in [-0.05, 0) is 37.0 Å². The lowest BCUT2D eigenvalue weighted by atomic mass is 10.1. The quantitative estimate of drug-likeness (QED) is 0.459. The van der Waals surface area contributed by atoms with E-state index in [0.717, 1.165) is 31.5 Å². The number of hydrogen-bond acceptors (Lipinski definition) is 4. The zero-order valence-electron chi connectivity index (χ0n) is 16.4. The Hall–Kier alpha value is -2.60. The SMILES string of the molecule is O=C(CCSc1nc2ccccc2c(=O)n1Cc1ccccc1)N1CCCCC1. The van der Waals surface area contributed by atoms with Gasteiger partial charge in [-0.25, -0.2) is 4.98 Å². The third kappa shape index (κ3) is 4.70. The summed E-state index contributed by atoms with van der Waals surface area (Å²) < 4.78 is 1.73. The fourth-order valence-corrected chi connectivity index (χ4v) is 4.62. The second-order valence-electron chi connectivity index (χ2n) is 7.33. The molecule has 1 fully saturated rings. The number of benzene rings is 2. The maximum atomic E-state index is 13.1. The number of nitrogens with zero attached hydrogens (tertiary/aromatic N) is 3. The molecule has 29 heavy (non-hydrogen) atoms. The maximum Gasteiger partial charge on any atom is 0.262 e. The molecule has 0 unspecified atom stereocenters. The van der Waals surface area contributed by atoms with Crippen LogP contribution in [0.4, 0.5) is 0 Å². The molecule has 5 nitrogen and oxygen atoms in total. The number of carbonyl (C=O) groups excluding carboxylic acids is 1. The first kappa shape index (κ1) is 19.7. The number of fused-ring (bicyclic) bond motifs is 1. The highest BCUT2D eigenvalue weighted by molar-refractivity contribution is 7.99. The minimum absolute atomic E-state index is 0.0377. The zero-order chi connectivity index (χ0) is 20.1. The molecule has 4 rings (SSSR count). The topological polar surface area (TPSA) is 55.2 Å². The van der Waals surface area contributed by atoms with E-state index in [1.807, 2.05) is 59.5 Å². The molecule has 1 saturated heterocycles.